The smallest absolute Gasteiger partial charge is 0.254 e. The van der Waals surface area contributed by atoms with Crippen LogP contribution in [-0.4, -0.2) is 39.8 Å². The first-order valence-corrected chi connectivity index (χ1v) is 12.3. The molecule has 1 aliphatic rings. The lowest BCUT2D eigenvalue weighted by Gasteiger charge is -2.19. The Hall–Kier alpha value is -3.35. The molecule has 0 aliphatic carbocycles. The van der Waals surface area contributed by atoms with Gasteiger partial charge in [0.2, 0.25) is 0 Å². The molecule has 1 aliphatic heterocycles. The molecular formula is C27H24Cl2N4O2. The number of hydrogen-bond donors (Lipinski definition) is 2. The molecule has 1 unspecified atom stereocenters. The van der Waals surface area contributed by atoms with Crippen molar-refractivity contribution in [3.8, 4) is 0 Å². The molecule has 4 aromatic rings. The third-order valence-electron chi connectivity index (χ3n) is 6.31. The Kier molecular flexibility index (Phi) is 6.50. The number of aromatic nitrogens is 2. The van der Waals surface area contributed by atoms with E-state index in [1.807, 2.05) is 30.0 Å². The second-order valence-corrected chi connectivity index (χ2v) is 9.65. The van der Waals surface area contributed by atoms with E-state index in [0.717, 1.165) is 48.1 Å². The zero-order valence-electron chi connectivity index (χ0n) is 19.1. The molecule has 1 atom stereocenters. The first kappa shape index (κ1) is 23.4. The lowest BCUT2D eigenvalue weighted by atomic mass is 10.0. The van der Waals surface area contributed by atoms with Crippen molar-refractivity contribution in [1.29, 1.82) is 0 Å². The average Bonchev–Trinajstić information content (AvgIpc) is 3.52. The van der Waals surface area contributed by atoms with E-state index in [-0.39, 0.29) is 11.8 Å². The molecule has 1 saturated heterocycles. The highest BCUT2D eigenvalue weighted by molar-refractivity contribution is 6.31. The molecular weight excluding hydrogens is 483 g/mol. The Labute approximate surface area is 213 Å². The topological polar surface area (TPSA) is 78.1 Å². The molecule has 1 fully saturated rings. The van der Waals surface area contributed by atoms with Gasteiger partial charge in [-0.15, -0.1) is 0 Å². The fraction of sp³-hybridized carbons (Fsp3) is 0.222. The summed E-state index contributed by atoms with van der Waals surface area (Å²) >= 11 is 12.4. The van der Waals surface area contributed by atoms with Crippen LogP contribution in [0.5, 0.6) is 0 Å². The number of nitrogens with one attached hydrogen (secondary N) is 2. The number of amides is 2. The number of benzene rings is 3. The molecule has 0 saturated carbocycles. The SMILES string of the molecule is Cc1cc(C(=O)NC(c2cccc(Cl)c2)c2nc3ccc(Cl)cc3[nH]2)ccc1C(=O)N1CCCC1. The molecule has 8 heteroatoms. The van der Waals surface area contributed by atoms with E-state index in [4.69, 9.17) is 23.2 Å². The first-order chi connectivity index (χ1) is 16.9. The van der Waals surface area contributed by atoms with Crippen molar-refractivity contribution in [2.24, 2.45) is 0 Å². The van der Waals surface area contributed by atoms with Gasteiger partial charge in [-0.05, 0) is 79.4 Å². The predicted octanol–water partition coefficient (Wildman–Crippen LogP) is 5.93. The second kappa shape index (κ2) is 9.72. The van der Waals surface area contributed by atoms with E-state index in [2.05, 4.69) is 15.3 Å². The number of hydrogen-bond acceptors (Lipinski definition) is 3. The van der Waals surface area contributed by atoms with Gasteiger partial charge in [-0.2, -0.15) is 0 Å². The van der Waals surface area contributed by atoms with Crippen LogP contribution < -0.4 is 5.32 Å². The lowest BCUT2D eigenvalue weighted by Crippen LogP contribution is -2.31. The van der Waals surface area contributed by atoms with Gasteiger partial charge in [0, 0.05) is 34.3 Å². The number of imidazole rings is 1. The van der Waals surface area contributed by atoms with Crippen LogP contribution in [-0.2, 0) is 0 Å². The number of nitrogens with zero attached hydrogens (tertiary/aromatic N) is 2. The van der Waals surface area contributed by atoms with Gasteiger partial charge in [0.15, 0.2) is 0 Å². The molecule has 2 amide bonds. The van der Waals surface area contributed by atoms with Crippen LogP contribution in [0.25, 0.3) is 11.0 Å². The Morgan fingerprint density at radius 1 is 1.00 bits per heavy atom. The van der Waals surface area contributed by atoms with Crippen molar-refractivity contribution in [1.82, 2.24) is 20.2 Å². The molecule has 6 nitrogen and oxygen atoms in total. The van der Waals surface area contributed by atoms with E-state index in [9.17, 15) is 9.59 Å². The molecule has 0 spiro atoms. The van der Waals surface area contributed by atoms with Crippen molar-refractivity contribution in [3.63, 3.8) is 0 Å². The summed E-state index contributed by atoms with van der Waals surface area (Å²) in [5, 5.41) is 4.23. The summed E-state index contributed by atoms with van der Waals surface area (Å²) in [5.41, 5.74) is 4.16. The molecule has 5 rings (SSSR count). The van der Waals surface area contributed by atoms with Gasteiger partial charge in [-0.25, -0.2) is 4.98 Å². The third kappa shape index (κ3) is 4.90. The van der Waals surface area contributed by atoms with Crippen molar-refractivity contribution in [2.45, 2.75) is 25.8 Å². The fourth-order valence-electron chi connectivity index (χ4n) is 4.48. The van der Waals surface area contributed by atoms with Gasteiger partial charge >= 0.3 is 0 Å². The van der Waals surface area contributed by atoms with E-state index >= 15 is 0 Å². The van der Waals surface area contributed by atoms with Crippen LogP contribution in [0.1, 0.15) is 56.6 Å². The number of fused-ring (bicyclic) bond motifs is 1. The minimum absolute atomic E-state index is 0.0182. The average molecular weight is 507 g/mol. The highest BCUT2D eigenvalue weighted by atomic mass is 35.5. The maximum Gasteiger partial charge on any atom is 0.254 e. The summed E-state index contributed by atoms with van der Waals surface area (Å²) in [5.74, 6) is 0.303. The highest BCUT2D eigenvalue weighted by Crippen LogP contribution is 2.27. The summed E-state index contributed by atoms with van der Waals surface area (Å²) in [6.07, 6.45) is 2.06. The largest absolute Gasteiger partial charge is 0.340 e. The van der Waals surface area contributed by atoms with E-state index < -0.39 is 6.04 Å². The molecule has 2 heterocycles. The van der Waals surface area contributed by atoms with Crippen LogP contribution in [0.2, 0.25) is 10.0 Å². The van der Waals surface area contributed by atoms with Crippen molar-refractivity contribution >= 4 is 46.0 Å². The third-order valence-corrected chi connectivity index (χ3v) is 6.78. The molecule has 2 N–H and O–H groups in total. The first-order valence-electron chi connectivity index (χ1n) is 11.5. The zero-order chi connectivity index (χ0) is 24.5. The summed E-state index contributed by atoms with van der Waals surface area (Å²) in [4.78, 5) is 36.0. The number of aryl methyl sites for hydroxylation is 1. The number of carbonyl (C=O) groups is 2. The minimum atomic E-state index is -0.571. The minimum Gasteiger partial charge on any atom is -0.340 e. The molecule has 178 valence electrons. The van der Waals surface area contributed by atoms with Crippen molar-refractivity contribution < 1.29 is 9.59 Å². The van der Waals surface area contributed by atoms with Crippen LogP contribution >= 0.6 is 23.2 Å². The van der Waals surface area contributed by atoms with Crippen molar-refractivity contribution in [3.05, 3.63) is 98.8 Å². The Morgan fingerprint density at radius 2 is 1.77 bits per heavy atom. The molecule has 0 bridgehead atoms. The monoisotopic (exact) mass is 506 g/mol. The number of halogens is 2. The Bertz CT molecular complexity index is 1430. The van der Waals surface area contributed by atoms with Gasteiger partial charge in [0.25, 0.3) is 11.8 Å². The molecule has 3 aromatic carbocycles. The predicted molar refractivity (Wildman–Crippen MR) is 138 cm³/mol. The highest BCUT2D eigenvalue weighted by Gasteiger charge is 2.24. The summed E-state index contributed by atoms with van der Waals surface area (Å²) in [6, 6.07) is 17.3. The molecule has 0 radical (unpaired) electrons. The number of rotatable bonds is 5. The maximum atomic E-state index is 13.3. The van der Waals surface area contributed by atoms with Gasteiger partial charge < -0.3 is 15.2 Å². The summed E-state index contributed by atoms with van der Waals surface area (Å²) in [6.45, 7) is 3.42. The standard InChI is InChI=1S/C27H24Cl2N4O2/c1-16-13-18(7-9-21(16)27(35)33-11-2-3-12-33)26(34)32-24(17-5-4-6-19(28)14-17)25-30-22-10-8-20(29)15-23(22)31-25/h4-10,13-15,24H,2-3,11-12H2,1H3,(H,30,31)(H,32,34). The van der Waals surface area contributed by atoms with E-state index in [1.54, 1.807) is 42.5 Å². The van der Waals surface area contributed by atoms with Crippen LogP contribution in [0.4, 0.5) is 0 Å². The summed E-state index contributed by atoms with van der Waals surface area (Å²) in [7, 11) is 0. The lowest BCUT2D eigenvalue weighted by molar-refractivity contribution is 0.0791. The Morgan fingerprint density at radius 3 is 2.51 bits per heavy atom. The zero-order valence-corrected chi connectivity index (χ0v) is 20.7. The molecule has 1 aromatic heterocycles. The van der Waals surface area contributed by atoms with Gasteiger partial charge in [0.1, 0.15) is 11.9 Å². The number of aromatic amines is 1. The molecule has 35 heavy (non-hydrogen) atoms. The van der Waals surface area contributed by atoms with E-state index in [1.165, 1.54) is 0 Å². The van der Waals surface area contributed by atoms with Crippen LogP contribution in [0.3, 0.4) is 0 Å². The normalized spacial score (nSPS) is 14.3. The van der Waals surface area contributed by atoms with Gasteiger partial charge in [-0.3, -0.25) is 9.59 Å². The number of H-pyrrole nitrogens is 1. The quantitative estimate of drug-likeness (QED) is 0.351. The Balaban J connectivity index is 1.45. The second-order valence-electron chi connectivity index (χ2n) is 8.77. The van der Waals surface area contributed by atoms with E-state index in [0.29, 0.717) is 27.0 Å². The number of likely N-dealkylation sites (tertiary alicyclic amines) is 1. The number of carbonyl (C=O) groups excluding carboxylic acids is 2. The van der Waals surface area contributed by atoms with Gasteiger partial charge in [0.05, 0.1) is 11.0 Å². The van der Waals surface area contributed by atoms with Crippen molar-refractivity contribution in [2.75, 3.05) is 13.1 Å². The summed E-state index contributed by atoms with van der Waals surface area (Å²) < 4.78 is 0. The van der Waals surface area contributed by atoms with Crippen LogP contribution in [0.15, 0.2) is 60.7 Å². The maximum absolute atomic E-state index is 13.3. The fourth-order valence-corrected chi connectivity index (χ4v) is 4.85. The van der Waals surface area contributed by atoms with Crippen LogP contribution in [0, 0.1) is 6.92 Å². The van der Waals surface area contributed by atoms with Gasteiger partial charge in [-0.1, -0.05) is 35.3 Å².